The Morgan fingerprint density at radius 2 is 1.94 bits per heavy atom. The zero-order chi connectivity index (χ0) is 23.1. The van der Waals surface area contributed by atoms with Crippen LogP contribution in [0.1, 0.15) is 12.5 Å². The van der Waals surface area contributed by atoms with Crippen LogP contribution in [0.5, 0.6) is 5.75 Å². The van der Waals surface area contributed by atoms with E-state index in [9.17, 15) is 0 Å². The number of likely N-dealkylation sites (N-methyl/N-ethyl adjacent to an activating group) is 1. The standard InChI is InChI=1S/C22H28N8OS/c1-14(23)19-20(24)27-21(28-22(19)26-11-12-30(2)3)15-5-7-16(8-6-15)29-32-18-13-17(31-4)9-10-25-18/h5-10,13,23,29H,11-12H2,1-4H3,(H3,24,26,27,28). The molecule has 0 saturated carbocycles. The van der Waals surface area contributed by atoms with Crippen molar-refractivity contribution in [3.8, 4) is 17.1 Å². The lowest BCUT2D eigenvalue weighted by atomic mass is 10.1. The highest BCUT2D eigenvalue weighted by Crippen LogP contribution is 2.27. The Kier molecular flexibility index (Phi) is 7.85. The number of pyridine rings is 1. The number of benzene rings is 1. The molecule has 0 saturated heterocycles. The number of hydrogen-bond donors (Lipinski definition) is 4. The molecule has 0 amide bonds. The van der Waals surface area contributed by atoms with Gasteiger partial charge in [0.2, 0.25) is 0 Å². The van der Waals surface area contributed by atoms with Crippen molar-refractivity contribution < 1.29 is 4.74 Å². The Hall–Kier alpha value is -3.37. The third-order valence-corrected chi connectivity index (χ3v) is 5.29. The van der Waals surface area contributed by atoms with Crippen LogP contribution in [-0.2, 0) is 0 Å². The monoisotopic (exact) mass is 452 g/mol. The predicted molar refractivity (Wildman–Crippen MR) is 132 cm³/mol. The highest BCUT2D eigenvalue weighted by atomic mass is 32.2. The molecule has 0 bridgehead atoms. The molecule has 0 unspecified atom stereocenters. The fourth-order valence-corrected chi connectivity index (χ4v) is 3.52. The van der Waals surface area contributed by atoms with Crippen molar-refractivity contribution in [2.45, 2.75) is 11.9 Å². The van der Waals surface area contributed by atoms with Crippen molar-refractivity contribution in [3.63, 3.8) is 0 Å². The van der Waals surface area contributed by atoms with Gasteiger partial charge >= 0.3 is 0 Å². The maximum absolute atomic E-state index is 8.05. The van der Waals surface area contributed by atoms with Gasteiger partial charge in [0.1, 0.15) is 22.4 Å². The van der Waals surface area contributed by atoms with Crippen molar-refractivity contribution in [1.29, 1.82) is 5.41 Å². The summed E-state index contributed by atoms with van der Waals surface area (Å²) >= 11 is 1.40. The minimum absolute atomic E-state index is 0.289. The average molecular weight is 453 g/mol. The second-order valence-corrected chi connectivity index (χ2v) is 8.15. The van der Waals surface area contributed by atoms with Crippen LogP contribution in [0, 0.1) is 5.41 Å². The van der Waals surface area contributed by atoms with Gasteiger partial charge in [-0.05, 0) is 51.4 Å². The van der Waals surface area contributed by atoms with E-state index >= 15 is 0 Å². The van der Waals surface area contributed by atoms with Gasteiger partial charge in [0.25, 0.3) is 0 Å². The normalized spacial score (nSPS) is 10.8. The Bertz CT molecular complexity index is 1070. The number of nitrogens with zero attached hydrogens (tertiary/aromatic N) is 4. The van der Waals surface area contributed by atoms with Crippen molar-refractivity contribution >= 4 is 35.0 Å². The van der Waals surface area contributed by atoms with Gasteiger partial charge in [-0.2, -0.15) is 0 Å². The van der Waals surface area contributed by atoms with Crippen LogP contribution >= 0.6 is 11.9 Å². The molecule has 1 aromatic carbocycles. The van der Waals surface area contributed by atoms with E-state index in [0.717, 1.165) is 28.6 Å². The van der Waals surface area contributed by atoms with E-state index in [-0.39, 0.29) is 5.82 Å². The Morgan fingerprint density at radius 3 is 2.59 bits per heavy atom. The van der Waals surface area contributed by atoms with Gasteiger partial charge in [-0.1, -0.05) is 0 Å². The molecule has 5 N–H and O–H groups in total. The van der Waals surface area contributed by atoms with Crippen LogP contribution in [0.2, 0.25) is 0 Å². The van der Waals surface area contributed by atoms with Gasteiger partial charge in [0, 0.05) is 54.3 Å². The van der Waals surface area contributed by atoms with E-state index in [1.807, 2.05) is 44.4 Å². The first-order chi connectivity index (χ1) is 15.4. The van der Waals surface area contributed by atoms with Gasteiger partial charge in [0.05, 0.1) is 12.7 Å². The van der Waals surface area contributed by atoms with Gasteiger partial charge in [0.15, 0.2) is 5.82 Å². The van der Waals surface area contributed by atoms with Gasteiger partial charge in [-0.25, -0.2) is 15.0 Å². The lowest BCUT2D eigenvalue weighted by Gasteiger charge is -2.16. The molecule has 0 aliphatic carbocycles. The lowest BCUT2D eigenvalue weighted by molar-refractivity contribution is 0.412. The van der Waals surface area contributed by atoms with Crippen molar-refractivity contribution in [2.75, 3.05) is 50.1 Å². The first kappa shape index (κ1) is 23.3. The quantitative estimate of drug-likeness (QED) is 0.270. The zero-order valence-electron chi connectivity index (χ0n) is 18.6. The highest BCUT2D eigenvalue weighted by Gasteiger charge is 2.15. The van der Waals surface area contributed by atoms with Gasteiger partial charge in [-0.15, -0.1) is 0 Å². The lowest BCUT2D eigenvalue weighted by Crippen LogP contribution is -2.22. The van der Waals surface area contributed by atoms with E-state index in [1.165, 1.54) is 11.9 Å². The Morgan fingerprint density at radius 1 is 1.19 bits per heavy atom. The summed E-state index contributed by atoms with van der Waals surface area (Å²) in [6.07, 6.45) is 1.71. The highest BCUT2D eigenvalue weighted by molar-refractivity contribution is 8.00. The molecule has 10 heteroatoms. The summed E-state index contributed by atoms with van der Waals surface area (Å²) in [6.45, 7) is 3.19. The fourth-order valence-electron chi connectivity index (χ4n) is 2.88. The van der Waals surface area contributed by atoms with E-state index in [0.29, 0.717) is 29.5 Å². The maximum Gasteiger partial charge on any atom is 0.163 e. The van der Waals surface area contributed by atoms with Gasteiger partial charge < -0.3 is 30.8 Å². The van der Waals surface area contributed by atoms with Crippen LogP contribution in [0.25, 0.3) is 11.4 Å². The van der Waals surface area contributed by atoms with Crippen molar-refractivity contribution in [2.24, 2.45) is 0 Å². The fraction of sp³-hybridized carbons (Fsp3) is 0.273. The van der Waals surface area contributed by atoms with Crippen LogP contribution in [0.4, 0.5) is 17.3 Å². The van der Waals surface area contributed by atoms with E-state index in [2.05, 4.69) is 29.9 Å². The molecule has 0 radical (unpaired) electrons. The largest absolute Gasteiger partial charge is 0.497 e. The molecule has 2 aromatic heterocycles. The second-order valence-electron chi connectivity index (χ2n) is 7.33. The predicted octanol–water partition coefficient (Wildman–Crippen LogP) is 3.61. The Labute approximate surface area is 192 Å². The number of rotatable bonds is 10. The SMILES string of the molecule is COc1ccnc(SNc2ccc(-c3nc(N)c(C(C)=N)c(NCCN(C)C)n3)cc2)c1. The smallest absolute Gasteiger partial charge is 0.163 e. The summed E-state index contributed by atoms with van der Waals surface area (Å²) < 4.78 is 8.49. The summed E-state index contributed by atoms with van der Waals surface area (Å²) in [5.74, 6) is 2.13. The Balaban J connectivity index is 1.76. The summed E-state index contributed by atoms with van der Waals surface area (Å²) in [5, 5.41) is 12.1. The molecule has 0 aliphatic rings. The van der Waals surface area contributed by atoms with E-state index in [4.69, 9.17) is 15.9 Å². The van der Waals surface area contributed by atoms with E-state index < -0.39 is 0 Å². The number of methoxy groups -OCH3 is 1. The minimum Gasteiger partial charge on any atom is -0.497 e. The zero-order valence-corrected chi connectivity index (χ0v) is 19.5. The molecule has 0 spiro atoms. The number of nitrogens with two attached hydrogens (primary N) is 1. The third kappa shape index (κ3) is 6.08. The molecule has 2 heterocycles. The molecule has 0 fully saturated rings. The molecular weight excluding hydrogens is 424 g/mol. The van der Waals surface area contributed by atoms with Crippen molar-refractivity contribution in [1.82, 2.24) is 19.9 Å². The van der Waals surface area contributed by atoms with Crippen LogP contribution in [-0.4, -0.2) is 59.9 Å². The van der Waals surface area contributed by atoms with Crippen LogP contribution < -0.4 is 20.5 Å². The molecule has 0 atom stereocenters. The van der Waals surface area contributed by atoms with Crippen LogP contribution in [0.15, 0.2) is 47.6 Å². The first-order valence-electron chi connectivity index (χ1n) is 10.0. The molecule has 168 valence electrons. The summed E-state index contributed by atoms with van der Waals surface area (Å²) in [5.41, 5.74) is 8.78. The second kappa shape index (κ2) is 10.8. The minimum atomic E-state index is 0.289. The first-order valence-corrected chi connectivity index (χ1v) is 10.8. The number of ether oxygens (including phenoxy) is 1. The molecular formula is C22H28N8OS. The number of hydrogen-bond acceptors (Lipinski definition) is 10. The maximum atomic E-state index is 8.05. The number of nitrogen functional groups attached to an aromatic ring is 1. The number of aromatic nitrogens is 3. The average Bonchev–Trinajstić information content (AvgIpc) is 2.77. The molecule has 32 heavy (non-hydrogen) atoms. The third-order valence-electron chi connectivity index (χ3n) is 4.52. The summed E-state index contributed by atoms with van der Waals surface area (Å²) in [7, 11) is 5.63. The van der Waals surface area contributed by atoms with Crippen LogP contribution in [0.3, 0.4) is 0 Å². The molecule has 9 nitrogen and oxygen atoms in total. The number of nitrogens with one attached hydrogen (secondary N) is 3. The summed E-state index contributed by atoms with van der Waals surface area (Å²) in [6, 6.07) is 11.4. The number of anilines is 3. The molecule has 3 aromatic rings. The topological polar surface area (TPSA) is 125 Å². The molecule has 0 aliphatic heterocycles. The van der Waals surface area contributed by atoms with Crippen molar-refractivity contribution in [3.05, 3.63) is 48.2 Å². The van der Waals surface area contributed by atoms with E-state index in [1.54, 1.807) is 26.3 Å². The van der Waals surface area contributed by atoms with Gasteiger partial charge in [-0.3, -0.25) is 0 Å². The molecule has 3 rings (SSSR count). The summed E-state index contributed by atoms with van der Waals surface area (Å²) in [4.78, 5) is 15.5.